The number of aryl methyl sites for hydroxylation is 1. The van der Waals surface area contributed by atoms with Gasteiger partial charge in [0, 0.05) is 18.6 Å². The van der Waals surface area contributed by atoms with Gasteiger partial charge in [-0.25, -0.2) is 0 Å². The van der Waals surface area contributed by atoms with Gasteiger partial charge in [0.15, 0.2) is 0 Å². The topological polar surface area (TPSA) is 15.3 Å². The Bertz CT molecular complexity index is 365. The largest absolute Gasteiger partial charge is 0.306 e. The van der Waals surface area contributed by atoms with Crippen molar-refractivity contribution in [1.29, 1.82) is 0 Å². The maximum Gasteiger partial charge on any atom is 0.0294 e. The van der Waals surface area contributed by atoms with Gasteiger partial charge in [-0.3, -0.25) is 0 Å². The molecule has 1 aliphatic heterocycles. The Hall–Kier alpha value is -0.860. The molecule has 1 fully saturated rings. The van der Waals surface area contributed by atoms with Crippen molar-refractivity contribution in [2.24, 2.45) is 0 Å². The lowest BCUT2D eigenvalue weighted by Crippen LogP contribution is -2.39. The second-order valence-electron chi connectivity index (χ2n) is 5.89. The van der Waals surface area contributed by atoms with Crippen molar-refractivity contribution in [2.75, 3.05) is 19.6 Å². The lowest BCUT2D eigenvalue weighted by Gasteiger charge is -2.25. The van der Waals surface area contributed by atoms with Gasteiger partial charge in [-0.05, 0) is 57.3 Å². The minimum absolute atomic E-state index is 0.434. The molecular weight excluding hydrogens is 232 g/mol. The minimum atomic E-state index is 0.434. The van der Waals surface area contributed by atoms with E-state index in [-0.39, 0.29) is 0 Å². The van der Waals surface area contributed by atoms with Gasteiger partial charge in [0.1, 0.15) is 0 Å². The van der Waals surface area contributed by atoms with Crippen LogP contribution in [0.3, 0.4) is 0 Å². The quantitative estimate of drug-likeness (QED) is 0.843. The fraction of sp³-hybridized carbons (Fsp3) is 0.647. The fourth-order valence-corrected chi connectivity index (χ4v) is 2.97. The molecule has 0 spiro atoms. The van der Waals surface area contributed by atoms with E-state index < -0.39 is 0 Å². The molecule has 0 amide bonds. The number of benzene rings is 1. The van der Waals surface area contributed by atoms with Crippen LogP contribution in [0.5, 0.6) is 0 Å². The first-order valence-corrected chi connectivity index (χ1v) is 7.76. The van der Waals surface area contributed by atoms with Crippen LogP contribution in [0, 0.1) is 0 Å². The van der Waals surface area contributed by atoms with E-state index in [0.717, 1.165) is 6.42 Å². The van der Waals surface area contributed by atoms with Crippen LogP contribution >= 0.6 is 0 Å². The summed E-state index contributed by atoms with van der Waals surface area (Å²) >= 11 is 0. The molecule has 0 aromatic heterocycles. The Morgan fingerprint density at radius 2 is 1.74 bits per heavy atom. The molecule has 2 heteroatoms. The van der Waals surface area contributed by atoms with Crippen molar-refractivity contribution in [1.82, 2.24) is 10.2 Å². The molecule has 1 N–H and O–H groups in total. The van der Waals surface area contributed by atoms with Crippen LogP contribution in [-0.2, 0) is 6.42 Å². The van der Waals surface area contributed by atoms with Crippen molar-refractivity contribution in [3.8, 4) is 0 Å². The Labute approximate surface area is 118 Å². The zero-order valence-corrected chi connectivity index (χ0v) is 12.7. The first-order chi connectivity index (χ1) is 9.19. The monoisotopic (exact) mass is 260 g/mol. The SMILES string of the molecule is CCc1ccc(C(C)NC(C)CN2CCCC2)cc1. The van der Waals surface area contributed by atoms with Crippen molar-refractivity contribution in [3.63, 3.8) is 0 Å². The van der Waals surface area contributed by atoms with Gasteiger partial charge in [0.2, 0.25) is 0 Å². The van der Waals surface area contributed by atoms with Crippen molar-refractivity contribution >= 4 is 0 Å². The molecule has 1 aromatic rings. The van der Waals surface area contributed by atoms with Crippen LogP contribution in [0.15, 0.2) is 24.3 Å². The molecule has 0 aliphatic carbocycles. The van der Waals surface area contributed by atoms with Crippen molar-refractivity contribution in [2.45, 2.75) is 52.1 Å². The number of hydrogen-bond donors (Lipinski definition) is 1. The summed E-state index contributed by atoms with van der Waals surface area (Å²) in [5, 5.41) is 3.72. The molecule has 1 aromatic carbocycles. The second kappa shape index (κ2) is 7.06. The molecule has 0 saturated carbocycles. The lowest BCUT2D eigenvalue weighted by atomic mass is 10.0. The highest BCUT2D eigenvalue weighted by molar-refractivity contribution is 5.24. The van der Waals surface area contributed by atoms with Crippen molar-refractivity contribution in [3.05, 3.63) is 35.4 Å². The Morgan fingerprint density at radius 1 is 1.11 bits per heavy atom. The Morgan fingerprint density at radius 3 is 2.32 bits per heavy atom. The molecule has 2 atom stereocenters. The molecule has 2 nitrogen and oxygen atoms in total. The number of likely N-dealkylation sites (tertiary alicyclic amines) is 1. The maximum atomic E-state index is 3.72. The van der Waals surface area contributed by atoms with E-state index in [4.69, 9.17) is 0 Å². The number of nitrogens with one attached hydrogen (secondary N) is 1. The van der Waals surface area contributed by atoms with E-state index in [9.17, 15) is 0 Å². The lowest BCUT2D eigenvalue weighted by molar-refractivity contribution is 0.289. The molecule has 0 radical (unpaired) electrons. The average molecular weight is 260 g/mol. The highest BCUT2D eigenvalue weighted by Gasteiger charge is 2.16. The Balaban J connectivity index is 1.82. The molecule has 2 rings (SSSR count). The van der Waals surface area contributed by atoms with E-state index in [1.54, 1.807) is 0 Å². The fourth-order valence-electron chi connectivity index (χ4n) is 2.97. The summed E-state index contributed by atoms with van der Waals surface area (Å²) in [4.78, 5) is 2.57. The zero-order valence-electron chi connectivity index (χ0n) is 12.7. The van der Waals surface area contributed by atoms with Crippen LogP contribution in [0.25, 0.3) is 0 Å². The third-order valence-electron chi connectivity index (χ3n) is 4.15. The summed E-state index contributed by atoms with van der Waals surface area (Å²) in [6.07, 6.45) is 3.87. The molecule has 1 heterocycles. The summed E-state index contributed by atoms with van der Waals surface area (Å²) in [6.45, 7) is 10.5. The summed E-state index contributed by atoms with van der Waals surface area (Å²) in [7, 11) is 0. The van der Waals surface area contributed by atoms with Crippen LogP contribution in [0.4, 0.5) is 0 Å². The van der Waals surface area contributed by atoms with E-state index >= 15 is 0 Å². The van der Waals surface area contributed by atoms with E-state index in [0.29, 0.717) is 12.1 Å². The predicted octanol–water partition coefficient (Wildman–Crippen LogP) is 3.38. The van der Waals surface area contributed by atoms with Gasteiger partial charge >= 0.3 is 0 Å². The molecular formula is C17H28N2. The predicted molar refractivity (Wildman–Crippen MR) is 82.5 cm³/mol. The summed E-state index contributed by atoms with van der Waals surface area (Å²) in [6, 6.07) is 10.0. The number of nitrogens with zero attached hydrogens (tertiary/aromatic N) is 1. The van der Waals surface area contributed by atoms with Crippen LogP contribution in [0.2, 0.25) is 0 Å². The van der Waals surface area contributed by atoms with Crippen LogP contribution in [-0.4, -0.2) is 30.6 Å². The van der Waals surface area contributed by atoms with E-state index in [1.165, 1.54) is 43.6 Å². The van der Waals surface area contributed by atoms with Gasteiger partial charge in [0.25, 0.3) is 0 Å². The van der Waals surface area contributed by atoms with E-state index in [2.05, 4.69) is 55.3 Å². The highest BCUT2D eigenvalue weighted by atomic mass is 15.2. The Kier molecular flexibility index (Phi) is 5.41. The van der Waals surface area contributed by atoms with Gasteiger partial charge < -0.3 is 10.2 Å². The van der Waals surface area contributed by atoms with Crippen LogP contribution < -0.4 is 5.32 Å². The van der Waals surface area contributed by atoms with Gasteiger partial charge in [-0.1, -0.05) is 31.2 Å². The summed E-state index contributed by atoms with van der Waals surface area (Å²) in [5.74, 6) is 0. The number of rotatable bonds is 6. The molecule has 2 unspecified atom stereocenters. The molecule has 1 aliphatic rings. The van der Waals surface area contributed by atoms with Crippen molar-refractivity contribution < 1.29 is 0 Å². The maximum absolute atomic E-state index is 3.72. The zero-order chi connectivity index (χ0) is 13.7. The minimum Gasteiger partial charge on any atom is -0.306 e. The third kappa shape index (κ3) is 4.32. The summed E-state index contributed by atoms with van der Waals surface area (Å²) in [5.41, 5.74) is 2.81. The standard InChI is InChI=1S/C17H28N2/c1-4-16-7-9-17(10-8-16)15(3)18-14(2)13-19-11-5-6-12-19/h7-10,14-15,18H,4-6,11-13H2,1-3H3. The smallest absolute Gasteiger partial charge is 0.0294 e. The highest BCUT2D eigenvalue weighted by Crippen LogP contribution is 2.15. The number of hydrogen-bond acceptors (Lipinski definition) is 2. The second-order valence-corrected chi connectivity index (χ2v) is 5.89. The van der Waals surface area contributed by atoms with Gasteiger partial charge in [-0.15, -0.1) is 0 Å². The van der Waals surface area contributed by atoms with Gasteiger partial charge in [-0.2, -0.15) is 0 Å². The average Bonchev–Trinajstić information content (AvgIpc) is 2.91. The van der Waals surface area contributed by atoms with Gasteiger partial charge in [0.05, 0.1) is 0 Å². The summed E-state index contributed by atoms with van der Waals surface area (Å²) < 4.78 is 0. The third-order valence-corrected chi connectivity index (χ3v) is 4.15. The molecule has 106 valence electrons. The van der Waals surface area contributed by atoms with Crippen LogP contribution in [0.1, 0.15) is 50.8 Å². The molecule has 0 bridgehead atoms. The first-order valence-electron chi connectivity index (χ1n) is 7.76. The normalized spacial score (nSPS) is 19.5. The molecule has 1 saturated heterocycles. The van der Waals surface area contributed by atoms with E-state index in [1.807, 2.05) is 0 Å². The molecule has 19 heavy (non-hydrogen) atoms. The first kappa shape index (κ1) is 14.5.